The molecule has 7 nitrogen and oxygen atoms in total. The first-order valence-corrected chi connectivity index (χ1v) is 8.75. The number of rotatable bonds is 9. The molecule has 0 aromatic heterocycles. The van der Waals surface area contributed by atoms with Crippen LogP contribution in [-0.2, 0) is 9.59 Å². The molecule has 28 heavy (non-hydrogen) atoms. The van der Waals surface area contributed by atoms with Gasteiger partial charge in [0.2, 0.25) is 5.91 Å². The van der Waals surface area contributed by atoms with E-state index in [2.05, 4.69) is 10.9 Å². The number of carbonyl (C=O) groups excluding carboxylic acids is 2. The number of nitrogens with one attached hydrogen (secondary N) is 2. The third-order valence-electron chi connectivity index (χ3n) is 3.70. The van der Waals surface area contributed by atoms with E-state index in [0.29, 0.717) is 24.5 Å². The molecule has 0 bridgehead atoms. The molecule has 2 aromatic carbocycles. The molecule has 0 fully saturated rings. The van der Waals surface area contributed by atoms with Crippen LogP contribution >= 0.6 is 0 Å². The maximum Gasteiger partial charge on any atom is 0.279 e. The average molecular weight is 390 g/mol. The summed E-state index contributed by atoms with van der Waals surface area (Å²) in [5.74, 6) is 0.507. The summed E-state index contributed by atoms with van der Waals surface area (Å²) in [5.41, 5.74) is 4.61. The van der Waals surface area contributed by atoms with Crippen molar-refractivity contribution in [1.29, 1.82) is 0 Å². The highest BCUT2D eigenvalue weighted by Gasteiger charge is 2.15. The fraction of sp³-hybridized carbons (Fsp3) is 0.300. The number of carbonyl (C=O) groups is 2. The minimum absolute atomic E-state index is 0.184. The SMILES string of the molecule is COc1ccc(OCCCC(=O)NNC(=O)C(C)Oc2ccc(F)cc2)cc1. The fourth-order valence-electron chi connectivity index (χ4n) is 2.16. The minimum Gasteiger partial charge on any atom is -0.497 e. The molecule has 150 valence electrons. The number of hydrazine groups is 1. The van der Waals surface area contributed by atoms with E-state index in [1.54, 1.807) is 31.4 Å². The smallest absolute Gasteiger partial charge is 0.279 e. The van der Waals surface area contributed by atoms with Crippen LogP contribution in [0.25, 0.3) is 0 Å². The summed E-state index contributed by atoms with van der Waals surface area (Å²) in [7, 11) is 1.59. The lowest BCUT2D eigenvalue weighted by atomic mass is 10.3. The monoisotopic (exact) mass is 390 g/mol. The molecule has 2 N–H and O–H groups in total. The largest absolute Gasteiger partial charge is 0.497 e. The molecule has 8 heteroatoms. The van der Waals surface area contributed by atoms with Gasteiger partial charge in [-0.15, -0.1) is 0 Å². The predicted molar refractivity (Wildman–Crippen MR) is 100 cm³/mol. The fourth-order valence-corrected chi connectivity index (χ4v) is 2.16. The van der Waals surface area contributed by atoms with E-state index in [4.69, 9.17) is 14.2 Å². The quantitative estimate of drug-likeness (QED) is 0.508. The van der Waals surface area contributed by atoms with Crippen molar-refractivity contribution < 1.29 is 28.2 Å². The van der Waals surface area contributed by atoms with Crippen LogP contribution in [0.3, 0.4) is 0 Å². The van der Waals surface area contributed by atoms with Gasteiger partial charge in [0.15, 0.2) is 6.10 Å². The molecular weight excluding hydrogens is 367 g/mol. The molecule has 0 saturated heterocycles. The van der Waals surface area contributed by atoms with Crippen molar-refractivity contribution in [3.05, 3.63) is 54.3 Å². The van der Waals surface area contributed by atoms with Crippen LogP contribution < -0.4 is 25.1 Å². The molecule has 0 aliphatic heterocycles. The zero-order chi connectivity index (χ0) is 20.4. The summed E-state index contributed by atoms with van der Waals surface area (Å²) in [6, 6.07) is 12.4. The first-order valence-electron chi connectivity index (χ1n) is 8.75. The van der Waals surface area contributed by atoms with Gasteiger partial charge in [-0.05, 0) is 61.9 Å². The third kappa shape index (κ3) is 7.14. The lowest BCUT2D eigenvalue weighted by Gasteiger charge is -2.15. The Morgan fingerprint density at radius 1 is 0.964 bits per heavy atom. The van der Waals surface area contributed by atoms with E-state index in [-0.39, 0.29) is 12.3 Å². The van der Waals surface area contributed by atoms with Gasteiger partial charge in [0.1, 0.15) is 23.1 Å². The zero-order valence-electron chi connectivity index (χ0n) is 15.7. The van der Waals surface area contributed by atoms with Crippen molar-refractivity contribution in [3.8, 4) is 17.2 Å². The molecule has 0 radical (unpaired) electrons. The molecule has 0 aliphatic rings. The van der Waals surface area contributed by atoms with E-state index in [1.807, 2.05) is 0 Å². The number of halogens is 1. The maximum atomic E-state index is 12.9. The molecule has 1 unspecified atom stereocenters. The highest BCUT2D eigenvalue weighted by atomic mass is 19.1. The van der Waals surface area contributed by atoms with E-state index < -0.39 is 17.8 Å². The van der Waals surface area contributed by atoms with Crippen molar-refractivity contribution in [1.82, 2.24) is 10.9 Å². The van der Waals surface area contributed by atoms with Crippen LogP contribution in [0.5, 0.6) is 17.2 Å². The van der Waals surface area contributed by atoms with Crippen molar-refractivity contribution in [2.75, 3.05) is 13.7 Å². The highest BCUT2D eigenvalue weighted by Crippen LogP contribution is 2.17. The Hall–Kier alpha value is -3.29. The first kappa shape index (κ1) is 21.0. The number of amides is 2. The lowest BCUT2D eigenvalue weighted by molar-refractivity contribution is -0.132. The second-order valence-electron chi connectivity index (χ2n) is 5.88. The average Bonchev–Trinajstić information content (AvgIpc) is 2.71. The molecule has 0 heterocycles. The first-order chi connectivity index (χ1) is 13.5. The summed E-state index contributed by atoms with van der Waals surface area (Å²) in [6.07, 6.45) is -0.192. The number of methoxy groups -OCH3 is 1. The summed E-state index contributed by atoms with van der Waals surface area (Å²) in [5, 5.41) is 0. The summed E-state index contributed by atoms with van der Waals surface area (Å²) in [4.78, 5) is 23.7. The van der Waals surface area contributed by atoms with Crippen LogP contribution in [0, 0.1) is 5.82 Å². The Bertz CT molecular complexity index is 765. The van der Waals surface area contributed by atoms with Crippen molar-refractivity contribution >= 4 is 11.8 Å². The van der Waals surface area contributed by atoms with Crippen LogP contribution in [-0.4, -0.2) is 31.6 Å². The van der Waals surface area contributed by atoms with Crippen LogP contribution in [0.1, 0.15) is 19.8 Å². The van der Waals surface area contributed by atoms with E-state index >= 15 is 0 Å². The Morgan fingerprint density at radius 3 is 2.21 bits per heavy atom. The molecule has 2 rings (SSSR count). The van der Waals surface area contributed by atoms with E-state index in [0.717, 1.165) is 5.75 Å². The molecule has 1 atom stereocenters. The van der Waals surface area contributed by atoms with Gasteiger partial charge in [0.25, 0.3) is 5.91 Å². The molecule has 0 aliphatic carbocycles. The zero-order valence-corrected chi connectivity index (χ0v) is 15.7. The maximum absolute atomic E-state index is 12.9. The van der Waals surface area contributed by atoms with Gasteiger partial charge in [0, 0.05) is 6.42 Å². The van der Waals surface area contributed by atoms with Crippen LogP contribution in [0.15, 0.2) is 48.5 Å². The standard InChI is InChI=1S/C20H23FN2O5/c1-14(28-18-7-5-15(21)6-8-18)20(25)23-22-19(24)4-3-13-27-17-11-9-16(26-2)10-12-17/h5-12,14H,3-4,13H2,1-2H3,(H,22,24)(H,23,25). The van der Waals surface area contributed by atoms with Gasteiger partial charge >= 0.3 is 0 Å². The van der Waals surface area contributed by atoms with Crippen molar-refractivity contribution in [2.24, 2.45) is 0 Å². The summed E-state index contributed by atoms with van der Waals surface area (Å²) >= 11 is 0. The molecule has 2 aromatic rings. The van der Waals surface area contributed by atoms with Crippen molar-refractivity contribution in [3.63, 3.8) is 0 Å². The normalized spacial score (nSPS) is 11.2. The molecule has 0 spiro atoms. The second kappa shape index (κ2) is 10.8. The number of hydrogen-bond acceptors (Lipinski definition) is 5. The Labute approximate surface area is 162 Å². The van der Waals surface area contributed by atoms with Crippen LogP contribution in [0.4, 0.5) is 4.39 Å². The second-order valence-corrected chi connectivity index (χ2v) is 5.88. The Balaban J connectivity index is 1.61. The molecule has 2 amide bonds. The molecule has 0 saturated carbocycles. The highest BCUT2D eigenvalue weighted by molar-refractivity contribution is 5.84. The van der Waals surface area contributed by atoms with E-state index in [9.17, 15) is 14.0 Å². The lowest BCUT2D eigenvalue weighted by Crippen LogP contribution is -2.47. The Morgan fingerprint density at radius 2 is 1.57 bits per heavy atom. The van der Waals surface area contributed by atoms with E-state index in [1.165, 1.54) is 31.2 Å². The van der Waals surface area contributed by atoms with Gasteiger partial charge in [0.05, 0.1) is 13.7 Å². The summed E-state index contributed by atoms with van der Waals surface area (Å²) in [6.45, 7) is 1.88. The van der Waals surface area contributed by atoms with Gasteiger partial charge in [-0.1, -0.05) is 0 Å². The van der Waals surface area contributed by atoms with Gasteiger partial charge < -0.3 is 14.2 Å². The van der Waals surface area contributed by atoms with Crippen molar-refractivity contribution in [2.45, 2.75) is 25.9 Å². The number of ether oxygens (including phenoxy) is 3. The molecular formula is C20H23FN2O5. The van der Waals surface area contributed by atoms with Gasteiger partial charge in [-0.3, -0.25) is 20.4 Å². The Kier molecular flexibility index (Phi) is 8.08. The predicted octanol–water partition coefficient (Wildman–Crippen LogP) is 2.61. The van der Waals surface area contributed by atoms with Gasteiger partial charge in [-0.25, -0.2) is 4.39 Å². The topological polar surface area (TPSA) is 85.9 Å². The number of benzene rings is 2. The third-order valence-corrected chi connectivity index (χ3v) is 3.70. The van der Waals surface area contributed by atoms with Crippen LogP contribution in [0.2, 0.25) is 0 Å². The number of hydrogen-bond donors (Lipinski definition) is 2. The van der Waals surface area contributed by atoms with Gasteiger partial charge in [-0.2, -0.15) is 0 Å². The minimum atomic E-state index is -0.857. The summed E-state index contributed by atoms with van der Waals surface area (Å²) < 4.78 is 28.8.